The summed E-state index contributed by atoms with van der Waals surface area (Å²) in [6, 6.07) is 6.80. The summed E-state index contributed by atoms with van der Waals surface area (Å²) in [7, 11) is -1.57. The SMILES string of the molecule is C=C(C)CNS(=O)(=O)c1ccc(CNC)cc1. The van der Waals surface area contributed by atoms with Crippen LogP contribution < -0.4 is 10.0 Å². The molecule has 0 amide bonds. The number of rotatable bonds is 6. The first-order valence-electron chi connectivity index (χ1n) is 5.33. The molecule has 0 saturated heterocycles. The summed E-state index contributed by atoms with van der Waals surface area (Å²) in [6.07, 6.45) is 0. The van der Waals surface area contributed by atoms with Crippen LogP contribution in [0.3, 0.4) is 0 Å². The first-order valence-corrected chi connectivity index (χ1v) is 6.81. The summed E-state index contributed by atoms with van der Waals surface area (Å²) in [5.74, 6) is 0. The lowest BCUT2D eigenvalue weighted by atomic mass is 10.2. The Hall–Kier alpha value is -1.17. The van der Waals surface area contributed by atoms with Gasteiger partial charge in [-0.05, 0) is 31.7 Å². The van der Waals surface area contributed by atoms with E-state index in [1.807, 2.05) is 7.05 Å². The molecular formula is C12H18N2O2S. The van der Waals surface area contributed by atoms with Crippen LogP contribution in [0.15, 0.2) is 41.3 Å². The van der Waals surface area contributed by atoms with E-state index in [0.717, 1.165) is 17.7 Å². The first-order chi connectivity index (χ1) is 7.95. The van der Waals surface area contributed by atoms with Crippen LogP contribution in [0.25, 0.3) is 0 Å². The zero-order chi connectivity index (χ0) is 12.9. The maximum Gasteiger partial charge on any atom is 0.240 e. The second-order valence-electron chi connectivity index (χ2n) is 3.96. The van der Waals surface area contributed by atoms with Crippen LogP contribution in [0.5, 0.6) is 0 Å². The van der Waals surface area contributed by atoms with Crippen LogP contribution in [-0.2, 0) is 16.6 Å². The Morgan fingerprint density at radius 3 is 2.35 bits per heavy atom. The van der Waals surface area contributed by atoms with Gasteiger partial charge in [0.05, 0.1) is 4.90 Å². The third-order valence-corrected chi connectivity index (χ3v) is 3.60. The predicted molar refractivity (Wildman–Crippen MR) is 69.2 cm³/mol. The third kappa shape index (κ3) is 4.30. The van der Waals surface area contributed by atoms with Crippen molar-refractivity contribution in [1.29, 1.82) is 0 Å². The van der Waals surface area contributed by atoms with Crippen LogP contribution in [0.2, 0.25) is 0 Å². The molecule has 0 aliphatic carbocycles. The third-order valence-electron chi connectivity index (χ3n) is 2.18. The van der Waals surface area contributed by atoms with Crippen molar-refractivity contribution < 1.29 is 8.42 Å². The minimum Gasteiger partial charge on any atom is -0.316 e. The van der Waals surface area contributed by atoms with Crippen LogP contribution >= 0.6 is 0 Å². The van der Waals surface area contributed by atoms with Gasteiger partial charge in [0.15, 0.2) is 0 Å². The molecule has 0 aliphatic heterocycles. The predicted octanol–water partition coefficient (Wildman–Crippen LogP) is 1.26. The zero-order valence-corrected chi connectivity index (χ0v) is 11.0. The quantitative estimate of drug-likeness (QED) is 0.751. The molecule has 1 aromatic rings. The summed E-state index contributed by atoms with van der Waals surface area (Å²) >= 11 is 0. The smallest absolute Gasteiger partial charge is 0.240 e. The summed E-state index contributed by atoms with van der Waals surface area (Å²) in [5.41, 5.74) is 1.83. The molecule has 5 heteroatoms. The molecule has 1 aromatic carbocycles. The highest BCUT2D eigenvalue weighted by molar-refractivity contribution is 7.89. The van der Waals surface area contributed by atoms with E-state index in [2.05, 4.69) is 16.6 Å². The summed E-state index contributed by atoms with van der Waals surface area (Å²) in [5, 5.41) is 3.01. The summed E-state index contributed by atoms with van der Waals surface area (Å²) in [4.78, 5) is 0.276. The van der Waals surface area contributed by atoms with Crippen molar-refractivity contribution in [2.45, 2.75) is 18.4 Å². The minimum absolute atomic E-state index is 0.264. The molecule has 0 radical (unpaired) electrons. The van der Waals surface area contributed by atoms with Crippen molar-refractivity contribution in [1.82, 2.24) is 10.0 Å². The monoisotopic (exact) mass is 254 g/mol. The molecule has 0 atom stereocenters. The normalized spacial score (nSPS) is 11.4. The summed E-state index contributed by atoms with van der Waals surface area (Å²) in [6.45, 7) is 6.42. The van der Waals surface area contributed by atoms with Crippen molar-refractivity contribution >= 4 is 10.0 Å². The molecule has 17 heavy (non-hydrogen) atoms. The number of nitrogens with one attached hydrogen (secondary N) is 2. The van der Waals surface area contributed by atoms with Gasteiger partial charge in [-0.2, -0.15) is 0 Å². The van der Waals surface area contributed by atoms with Gasteiger partial charge in [0.1, 0.15) is 0 Å². The minimum atomic E-state index is -3.42. The van der Waals surface area contributed by atoms with Gasteiger partial charge >= 0.3 is 0 Å². The van der Waals surface area contributed by atoms with Crippen LogP contribution in [0, 0.1) is 0 Å². The van der Waals surface area contributed by atoms with E-state index in [4.69, 9.17) is 0 Å². The lowest BCUT2D eigenvalue weighted by Crippen LogP contribution is -2.25. The standard InChI is InChI=1S/C12H18N2O2S/c1-10(2)8-14-17(15,16)12-6-4-11(5-7-12)9-13-3/h4-7,13-14H,1,8-9H2,2-3H3. The second kappa shape index (κ2) is 5.95. The lowest BCUT2D eigenvalue weighted by molar-refractivity contribution is 0.584. The molecule has 0 saturated carbocycles. The molecule has 0 aromatic heterocycles. The average Bonchev–Trinajstić information content (AvgIpc) is 2.28. The van der Waals surface area contributed by atoms with Crippen LogP contribution in [-0.4, -0.2) is 22.0 Å². The molecule has 0 fully saturated rings. The summed E-state index contributed by atoms with van der Waals surface area (Å²) < 4.78 is 26.2. The van der Waals surface area contributed by atoms with Gasteiger partial charge in [-0.3, -0.25) is 0 Å². The number of sulfonamides is 1. The molecule has 94 valence electrons. The highest BCUT2D eigenvalue weighted by Gasteiger charge is 2.12. The van der Waals surface area contributed by atoms with Gasteiger partial charge in [0, 0.05) is 13.1 Å². The van der Waals surface area contributed by atoms with Crippen molar-refractivity contribution in [3.8, 4) is 0 Å². The highest BCUT2D eigenvalue weighted by Crippen LogP contribution is 2.10. The Bertz CT molecular complexity index is 478. The number of hydrogen-bond donors (Lipinski definition) is 2. The van der Waals surface area contributed by atoms with Gasteiger partial charge in [0.2, 0.25) is 10.0 Å². The van der Waals surface area contributed by atoms with E-state index < -0.39 is 10.0 Å². The maximum absolute atomic E-state index is 11.8. The molecule has 4 nitrogen and oxygen atoms in total. The number of benzene rings is 1. The number of hydrogen-bond acceptors (Lipinski definition) is 3. The fourth-order valence-corrected chi connectivity index (χ4v) is 2.39. The van der Waals surface area contributed by atoms with Gasteiger partial charge in [-0.25, -0.2) is 13.1 Å². The fraction of sp³-hybridized carbons (Fsp3) is 0.333. The van der Waals surface area contributed by atoms with Crippen LogP contribution in [0.1, 0.15) is 12.5 Å². The molecule has 0 bridgehead atoms. The van der Waals surface area contributed by atoms with E-state index in [9.17, 15) is 8.42 Å². The molecule has 0 aliphatic rings. The molecule has 2 N–H and O–H groups in total. The molecular weight excluding hydrogens is 236 g/mol. The highest BCUT2D eigenvalue weighted by atomic mass is 32.2. The Morgan fingerprint density at radius 2 is 1.88 bits per heavy atom. The molecule has 0 spiro atoms. The van der Waals surface area contributed by atoms with Gasteiger partial charge in [0.25, 0.3) is 0 Å². The molecule has 0 heterocycles. The Kier molecular flexibility index (Phi) is 4.86. The molecule has 1 rings (SSSR count). The maximum atomic E-state index is 11.8. The van der Waals surface area contributed by atoms with Crippen molar-refractivity contribution in [3.63, 3.8) is 0 Å². The Morgan fingerprint density at radius 1 is 1.29 bits per heavy atom. The van der Waals surface area contributed by atoms with Crippen molar-refractivity contribution in [3.05, 3.63) is 42.0 Å². The van der Waals surface area contributed by atoms with E-state index in [1.165, 1.54) is 0 Å². The Balaban J connectivity index is 2.81. The topological polar surface area (TPSA) is 58.2 Å². The van der Waals surface area contributed by atoms with Gasteiger partial charge < -0.3 is 5.32 Å². The van der Waals surface area contributed by atoms with Crippen molar-refractivity contribution in [2.75, 3.05) is 13.6 Å². The van der Waals surface area contributed by atoms with Crippen molar-refractivity contribution in [2.24, 2.45) is 0 Å². The largest absolute Gasteiger partial charge is 0.316 e. The lowest BCUT2D eigenvalue weighted by Gasteiger charge is -2.07. The van der Waals surface area contributed by atoms with E-state index in [-0.39, 0.29) is 11.4 Å². The fourth-order valence-electron chi connectivity index (χ4n) is 1.29. The zero-order valence-electron chi connectivity index (χ0n) is 10.2. The van der Waals surface area contributed by atoms with E-state index in [1.54, 1.807) is 31.2 Å². The van der Waals surface area contributed by atoms with E-state index >= 15 is 0 Å². The average molecular weight is 254 g/mol. The Labute approximate surface area is 103 Å². The first kappa shape index (κ1) is 13.9. The van der Waals surface area contributed by atoms with Gasteiger partial charge in [-0.1, -0.05) is 24.3 Å². The second-order valence-corrected chi connectivity index (χ2v) is 5.72. The van der Waals surface area contributed by atoms with Crippen LogP contribution in [0.4, 0.5) is 0 Å². The van der Waals surface area contributed by atoms with Gasteiger partial charge in [-0.15, -0.1) is 0 Å². The van der Waals surface area contributed by atoms with E-state index in [0.29, 0.717) is 0 Å². The molecule has 0 unspecified atom stereocenters.